The van der Waals surface area contributed by atoms with Gasteiger partial charge in [0.1, 0.15) is 11.8 Å². The molecule has 9 heteroatoms. The molecule has 0 radical (unpaired) electrons. The molecular weight excluding hydrogens is 346 g/mol. The summed E-state index contributed by atoms with van der Waals surface area (Å²) in [7, 11) is 0. The van der Waals surface area contributed by atoms with Gasteiger partial charge in [-0.25, -0.2) is 14.8 Å². The van der Waals surface area contributed by atoms with Crippen molar-refractivity contribution in [1.82, 2.24) is 14.9 Å². The number of ether oxygens (including phenoxy) is 1. The first-order valence-corrected chi connectivity index (χ1v) is 8.69. The number of carboxylic acid groups (broad SMARTS) is 1. The van der Waals surface area contributed by atoms with Crippen LogP contribution in [-0.2, 0) is 19.1 Å². The van der Waals surface area contributed by atoms with Crippen LogP contribution in [0.25, 0.3) is 0 Å². The van der Waals surface area contributed by atoms with E-state index in [1.54, 1.807) is 32.3 Å². The van der Waals surface area contributed by atoms with E-state index >= 15 is 0 Å². The molecule has 132 valence electrons. The number of carbonyl (C=O) groups is 3. The van der Waals surface area contributed by atoms with Crippen molar-refractivity contribution in [2.75, 3.05) is 0 Å². The molecule has 0 saturated carbocycles. The molecule has 1 aromatic rings. The van der Waals surface area contributed by atoms with E-state index in [0.717, 1.165) is 11.8 Å². The fourth-order valence-corrected chi connectivity index (χ4v) is 4.10. The van der Waals surface area contributed by atoms with Crippen molar-refractivity contribution in [2.24, 2.45) is 5.92 Å². The zero-order valence-corrected chi connectivity index (χ0v) is 14.5. The van der Waals surface area contributed by atoms with Crippen molar-refractivity contribution in [3.8, 4) is 0 Å². The van der Waals surface area contributed by atoms with Crippen LogP contribution in [0.5, 0.6) is 0 Å². The monoisotopic (exact) mass is 363 g/mol. The van der Waals surface area contributed by atoms with E-state index in [1.165, 1.54) is 4.90 Å². The van der Waals surface area contributed by atoms with Gasteiger partial charge in [0.2, 0.25) is 5.91 Å². The normalized spacial score (nSPS) is 23.1. The number of esters is 1. The molecule has 0 aliphatic carbocycles. The Morgan fingerprint density at radius 2 is 2.12 bits per heavy atom. The number of aromatic nitrogens is 2. The van der Waals surface area contributed by atoms with Crippen LogP contribution in [0.15, 0.2) is 34.2 Å². The third-order valence-corrected chi connectivity index (χ3v) is 5.24. The lowest BCUT2D eigenvalue weighted by Gasteiger charge is -2.45. The summed E-state index contributed by atoms with van der Waals surface area (Å²) in [6, 6.07) is 1.35. The lowest BCUT2D eigenvalue weighted by atomic mass is 9.83. The molecule has 25 heavy (non-hydrogen) atoms. The zero-order valence-electron chi connectivity index (χ0n) is 13.7. The maximum absolute atomic E-state index is 12.5. The molecule has 1 amide bonds. The average molecular weight is 363 g/mol. The van der Waals surface area contributed by atoms with E-state index in [4.69, 9.17) is 4.74 Å². The summed E-state index contributed by atoms with van der Waals surface area (Å²) in [4.78, 5) is 45.6. The van der Waals surface area contributed by atoms with Crippen LogP contribution in [0.2, 0.25) is 0 Å². The minimum absolute atomic E-state index is 0.0299. The molecule has 3 heterocycles. The Labute approximate surface area is 148 Å². The highest BCUT2D eigenvalue weighted by Gasteiger charge is 2.58. The number of thioether (sulfide) groups is 1. The second-order valence-electron chi connectivity index (χ2n) is 5.76. The molecule has 3 rings (SSSR count). The number of aliphatic carboxylic acids is 1. The molecular formula is C16H17N3O5S. The fourth-order valence-electron chi connectivity index (χ4n) is 3.12. The summed E-state index contributed by atoms with van der Waals surface area (Å²) in [5, 5.41) is 9.94. The zero-order chi connectivity index (χ0) is 18.1. The first-order chi connectivity index (χ1) is 11.9. The van der Waals surface area contributed by atoms with Gasteiger partial charge in [0.05, 0.1) is 12.0 Å². The quantitative estimate of drug-likeness (QED) is 0.459. The van der Waals surface area contributed by atoms with Crippen LogP contribution in [-0.4, -0.2) is 50.0 Å². The Bertz CT molecular complexity index is 751. The molecule has 1 fully saturated rings. The topological polar surface area (TPSA) is 110 Å². The number of nitrogens with zero attached hydrogens (tertiary/aromatic N) is 3. The summed E-state index contributed by atoms with van der Waals surface area (Å²) in [5.41, 5.74) is -0.0299. The molecule has 8 nitrogen and oxygen atoms in total. The summed E-state index contributed by atoms with van der Waals surface area (Å²) in [6.07, 6.45) is 3.16. The molecule has 3 atom stereocenters. The van der Waals surface area contributed by atoms with Gasteiger partial charge in [-0.05, 0) is 13.0 Å². The fraction of sp³-hybridized carbons (Fsp3) is 0.438. The molecule has 2 aliphatic rings. The number of hydrogen-bond donors (Lipinski definition) is 1. The van der Waals surface area contributed by atoms with Gasteiger partial charge in [-0.3, -0.25) is 9.59 Å². The second kappa shape index (κ2) is 6.83. The van der Waals surface area contributed by atoms with Gasteiger partial charge >= 0.3 is 11.9 Å². The van der Waals surface area contributed by atoms with Gasteiger partial charge in [0, 0.05) is 30.1 Å². The van der Waals surface area contributed by atoms with E-state index in [1.807, 2.05) is 0 Å². The van der Waals surface area contributed by atoms with Crippen molar-refractivity contribution in [2.45, 2.75) is 44.0 Å². The minimum Gasteiger partial charge on any atom is -0.477 e. The third-order valence-electron chi connectivity index (χ3n) is 4.24. The largest absolute Gasteiger partial charge is 0.477 e. The highest BCUT2D eigenvalue weighted by atomic mass is 32.2. The maximum Gasteiger partial charge on any atom is 0.353 e. The minimum atomic E-state index is -1.16. The van der Waals surface area contributed by atoms with E-state index < -0.39 is 18.0 Å². The molecule has 0 bridgehead atoms. The van der Waals surface area contributed by atoms with Crippen LogP contribution < -0.4 is 0 Å². The smallest absolute Gasteiger partial charge is 0.353 e. The highest BCUT2D eigenvalue weighted by Crippen LogP contribution is 2.48. The Kier molecular flexibility index (Phi) is 4.76. The van der Waals surface area contributed by atoms with Crippen LogP contribution in [0.3, 0.4) is 0 Å². The van der Waals surface area contributed by atoms with Crippen molar-refractivity contribution < 1.29 is 24.2 Å². The van der Waals surface area contributed by atoms with Gasteiger partial charge in [-0.2, -0.15) is 0 Å². The van der Waals surface area contributed by atoms with Crippen LogP contribution in [0, 0.1) is 5.92 Å². The molecule has 0 aromatic carbocycles. The number of hydrogen-bond acceptors (Lipinski definition) is 7. The summed E-state index contributed by atoms with van der Waals surface area (Å²) >= 11 is 1.14. The standard InChI is InChI=1S/C16H17N3O5S/c1-3-11(20)24-8(2)12-9-7-10(25-16-17-5-4-6-18-16)13(15(22)23)19(9)14(12)21/h4-6,8-9,12H,3,7H2,1-2H3,(H,22,23). The van der Waals surface area contributed by atoms with Crippen molar-refractivity contribution in [3.63, 3.8) is 0 Å². The van der Waals surface area contributed by atoms with E-state index in [0.29, 0.717) is 16.5 Å². The molecule has 0 spiro atoms. The van der Waals surface area contributed by atoms with Gasteiger partial charge < -0.3 is 14.7 Å². The molecule has 1 N–H and O–H groups in total. The Morgan fingerprint density at radius 1 is 1.44 bits per heavy atom. The number of β-lactam (4-membered cyclic amide) rings is 1. The maximum atomic E-state index is 12.5. The van der Waals surface area contributed by atoms with Crippen LogP contribution in [0.1, 0.15) is 26.7 Å². The van der Waals surface area contributed by atoms with Crippen LogP contribution in [0.4, 0.5) is 0 Å². The molecule has 2 aliphatic heterocycles. The highest BCUT2D eigenvalue weighted by molar-refractivity contribution is 8.03. The summed E-state index contributed by atoms with van der Waals surface area (Å²) in [6.45, 7) is 3.34. The Balaban J connectivity index is 1.80. The van der Waals surface area contributed by atoms with Gasteiger partial charge in [0.15, 0.2) is 5.16 Å². The van der Waals surface area contributed by atoms with Crippen molar-refractivity contribution >= 4 is 29.6 Å². The number of rotatable bonds is 6. The summed E-state index contributed by atoms with van der Waals surface area (Å²) in [5.74, 6) is -2.40. The van der Waals surface area contributed by atoms with Crippen molar-refractivity contribution in [3.05, 3.63) is 29.1 Å². The Hall–Kier alpha value is -2.42. The third kappa shape index (κ3) is 3.11. The van der Waals surface area contributed by atoms with E-state index in [2.05, 4.69) is 9.97 Å². The molecule has 1 aromatic heterocycles. The first-order valence-electron chi connectivity index (χ1n) is 7.87. The first kappa shape index (κ1) is 17.4. The number of fused-ring (bicyclic) bond motifs is 1. The van der Waals surface area contributed by atoms with Crippen LogP contribution >= 0.6 is 11.8 Å². The second-order valence-corrected chi connectivity index (χ2v) is 6.83. The van der Waals surface area contributed by atoms with Gasteiger partial charge in [-0.15, -0.1) is 0 Å². The Morgan fingerprint density at radius 3 is 2.72 bits per heavy atom. The number of amides is 1. The molecule has 3 unspecified atom stereocenters. The van der Waals surface area contributed by atoms with E-state index in [-0.39, 0.29) is 30.0 Å². The van der Waals surface area contributed by atoms with Gasteiger partial charge in [0.25, 0.3) is 0 Å². The number of carboxylic acids is 1. The van der Waals surface area contributed by atoms with Gasteiger partial charge in [-0.1, -0.05) is 18.7 Å². The number of carbonyl (C=O) groups excluding carboxylic acids is 2. The lowest BCUT2D eigenvalue weighted by Crippen LogP contribution is -2.62. The van der Waals surface area contributed by atoms with Crippen molar-refractivity contribution in [1.29, 1.82) is 0 Å². The lowest BCUT2D eigenvalue weighted by molar-refractivity contribution is -0.170. The predicted octanol–water partition coefficient (Wildman–Crippen LogP) is 1.44. The predicted molar refractivity (Wildman–Crippen MR) is 87.1 cm³/mol. The summed E-state index contributed by atoms with van der Waals surface area (Å²) < 4.78 is 5.25. The SMILES string of the molecule is CCC(=O)OC(C)C1C(=O)N2C(C(=O)O)=C(Sc3ncccn3)CC12. The molecule has 1 saturated heterocycles. The van der Waals surface area contributed by atoms with E-state index in [9.17, 15) is 19.5 Å². The average Bonchev–Trinajstić information content (AvgIpc) is 2.90.